The second kappa shape index (κ2) is 7.14. The Kier molecular flexibility index (Phi) is 5.08. The van der Waals surface area contributed by atoms with Crippen LogP contribution in [-0.4, -0.2) is 33.4 Å². The van der Waals surface area contributed by atoms with Gasteiger partial charge in [0.05, 0.1) is 11.6 Å². The fourth-order valence-corrected chi connectivity index (χ4v) is 5.80. The van der Waals surface area contributed by atoms with Gasteiger partial charge in [0.25, 0.3) is 5.91 Å². The highest BCUT2D eigenvalue weighted by Gasteiger charge is 2.65. The number of ether oxygens (including phenoxy) is 1. The third-order valence-electron chi connectivity index (χ3n) is 7.16. The average molecular weight is 444 g/mol. The standard InChI is InChI=1S/C24H30BrNO2/c1-5-13-26-19(12-11-16-9-7-6-8-10-16)21(22(26)27)28-24(4)15-18-17(14-20(24)25)23(18,2)3/h5-13,17-21H,14-15H2,1-4H3/b12-11+,13-5+/t17-,18+,19+,20-,21-,24-/m1/s1. The summed E-state index contributed by atoms with van der Waals surface area (Å²) in [6.45, 7) is 8.84. The molecule has 2 saturated carbocycles. The molecule has 3 aliphatic rings. The number of carbonyl (C=O) groups excluding carboxylic acids is 1. The normalized spacial score (nSPS) is 39.2. The summed E-state index contributed by atoms with van der Waals surface area (Å²) in [6.07, 6.45) is 9.67. The summed E-state index contributed by atoms with van der Waals surface area (Å²) in [7, 11) is 0. The number of fused-ring (bicyclic) bond motifs is 1. The molecule has 1 amide bonds. The lowest BCUT2D eigenvalue weighted by molar-refractivity contribution is -0.186. The maximum atomic E-state index is 12.8. The molecule has 1 aliphatic heterocycles. The number of carbonyl (C=O) groups is 1. The van der Waals surface area contributed by atoms with Crippen LogP contribution >= 0.6 is 15.9 Å². The Bertz CT molecular complexity index is 802. The Morgan fingerprint density at radius 2 is 1.89 bits per heavy atom. The molecule has 0 spiro atoms. The van der Waals surface area contributed by atoms with E-state index >= 15 is 0 Å². The Morgan fingerprint density at radius 1 is 1.18 bits per heavy atom. The number of amides is 1. The van der Waals surface area contributed by atoms with E-state index in [4.69, 9.17) is 4.74 Å². The van der Waals surface area contributed by atoms with Crippen LogP contribution in [0, 0.1) is 17.3 Å². The first-order valence-corrected chi connectivity index (χ1v) is 11.2. The Hall–Kier alpha value is -1.39. The molecule has 1 saturated heterocycles. The number of likely N-dealkylation sites (tertiary alicyclic amines) is 1. The molecule has 0 bridgehead atoms. The summed E-state index contributed by atoms with van der Waals surface area (Å²) >= 11 is 3.89. The highest BCUT2D eigenvalue weighted by molar-refractivity contribution is 9.09. The van der Waals surface area contributed by atoms with Gasteiger partial charge in [0, 0.05) is 11.0 Å². The maximum Gasteiger partial charge on any atom is 0.258 e. The molecule has 0 radical (unpaired) electrons. The maximum absolute atomic E-state index is 12.8. The second-order valence-corrected chi connectivity index (χ2v) is 10.4. The van der Waals surface area contributed by atoms with Crippen LogP contribution in [0.1, 0.15) is 46.1 Å². The third kappa shape index (κ3) is 3.29. The molecule has 4 heteroatoms. The van der Waals surface area contributed by atoms with Gasteiger partial charge in [0.15, 0.2) is 6.10 Å². The van der Waals surface area contributed by atoms with Gasteiger partial charge in [0.2, 0.25) is 0 Å². The van der Waals surface area contributed by atoms with E-state index in [0.717, 1.165) is 24.3 Å². The summed E-state index contributed by atoms with van der Waals surface area (Å²) in [5.41, 5.74) is 1.22. The van der Waals surface area contributed by atoms with Crippen molar-refractivity contribution in [3.05, 3.63) is 54.2 Å². The lowest BCUT2D eigenvalue weighted by atomic mass is 9.85. The topological polar surface area (TPSA) is 29.5 Å². The molecular weight excluding hydrogens is 414 g/mol. The molecule has 4 rings (SSSR count). The zero-order valence-electron chi connectivity index (χ0n) is 17.1. The van der Waals surface area contributed by atoms with E-state index in [1.807, 2.05) is 37.4 Å². The minimum absolute atomic E-state index is 0.0546. The number of halogens is 1. The molecular formula is C24H30BrNO2. The van der Waals surface area contributed by atoms with E-state index in [1.54, 1.807) is 4.90 Å². The summed E-state index contributed by atoms with van der Waals surface area (Å²) in [6, 6.07) is 10.1. The van der Waals surface area contributed by atoms with Gasteiger partial charge in [-0.2, -0.15) is 0 Å². The number of alkyl halides is 1. The monoisotopic (exact) mass is 443 g/mol. The van der Waals surface area contributed by atoms with Crippen LogP contribution < -0.4 is 0 Å². The van der Waals surface area contributed by atoms with Crippen molar-refractivity contribution >= 4 is 27.9 Å². The first-order valence-electron chi connectivity index (χ1n) is 10.3. The zero-order valence-corrected chi connectivity index (χ0v) is 18.7. The number of allylic oxidation sites excluding steroid dienone is 1. The minimum atomic E-state index is -0.417. The average Bonchev–Trinajstić information content (AvgIpc) is 3.19. The fourth-order valence-electron chi connectivity index (χ4n) is 5.10. The van der Waals surface area contributed by atoms with E-state index < -0.39 is 6.10 Å². The first-order chi connectivity index (χ1) is 13.3. The van der Waals surface area contributed by atoms with Crippen molar-refractivity contribution in [1.29, 1.82) is 0 Å². The molecule has 0 unspecified atom stereocenters. The van der Waals surface area contributed by atoms with Crippen molar-refractivity contribution in [3.8, 4) is 0 Å². The molecule has 3 nitrogen and oxygen atoms in total. The van der Waals surface area contributed by atoms with Crippen LogP contribution in [0.15, 0.2) is 48.7 Å². The summed E-state index contributed by atoms with van der Waals surface area (Å²) in [5, 5.41) is 0. The van der Waals surface area contributed by atoms with Gasteiger partial charge in [-0.15, -0.1) is 0 Å². The van der Waals surface area contributed by atoms with Gasteiger partial charge >= 0.3 is 0 Å². The lowest BCUT2D eigenvalue weighted by Gasteiger charge is -2.49. The minimum Gasteiger partial charge on any atom is -0.358 e. The van der Waals surface area contributed by atoms with Crippen molar-refractivity contribution in [2.45, 2.75) is 63.1 Å². The van der Waals surface area contributed by atoms with E-state index in [-0.39, 0.29) is 22.4 Å². The zero-order chi connectivity index (χ0) is 20.1. The quantitative estimate of drug-likeness (QED) is 0.449. The van der Waals surface area contributed by atoms with Crippen molar-refractivity contribution in [2.75, 3.05) is 0 Å². The van der Waals surface area contributed by atoms with Gasteiger partial charge in [-0.1, -0.05) is 78.3 Å². The molecule has 0 N–H and O–H groups in total. The van der Waals surface area contributed by atoms with Crippen LogP contribution in [0.2, 0.25) is 0 Å². The molecule has 2 aliphatic carbocycles. The molecule has 1 aromatic rings. The van der Waals surface area contributed by atoms with Crippen LogP contribution in [0.3, 0.4) is 0 Å². The summed E-state index contributed by atoms with van der Waals surface area (Å²) in [5.74, 6) is 1.53. The second-order valence-electron chi connectivity index (χ2n) is 9.28. The van der Waals surface area contributed by atoms with Crippen molar-refractivity contribution in [3.63, 3.8) is 0 Å². The SMILES string of the molecule is C/C=C/N1C(=O)[C@H](O[C@]2(C)C[C@H]3[C@@H](C[C@H]2Br)C3(C)C)[C@@H]1/C=C/c1ccccc1. The van der Waals surface area contributed by atoms with Crippen molar-refractivity contribution in [1.82, 2.24) is 4.90 Å². The lowest BCUT2D eigenvalue weighted by Crippen LogP contribution is -2.65. The number of nitrogens with zero attached hydrogens (tertiary/aromatic N) is 1. The third-order valence-corrected chi connectivity index (χ3v) is 8.50. The molecule has 28 heavy (non-hydrogen) atoms. The predicted octanol–water partition coefficient (Wildman–Crippen LogP) is 5.42. The summed E-state index contributed by atoms with van der Waals surface area (Å²) < 4.78 is 6.58. The van der Waals surface area contributed by atoms with E-state index in [2.05, 4.69) is 61.0 Å². The fraction of sp³-hybridized carbons (Fsp3) is 0.542. The smallest absolute Gasteiger partial charge is 0.258 e. The molecule has 3 fully saturated rings. The van der Waals surface area contributed by atoms with E-state index in [1.165, 1.54) is 0 Å². The van der Waals surface area contributed by atoms with Gasteiger partial charge in [0.1, 0.15) is 0 Å². The van der Waals surface area contributed by atoms with Crippen molar-refractivity contribution < 1.29 is 9.53 Å². The molecule has 1 heterocycles. The predicted molar refractivity (Wildman–Crippen MR) is 117 cm³/mol. The number of hydrogen-bond donors (Lipinski definition) is 0. The number of rotatable bonds is 5. The van der Waals surface area contributed by atoms with E-state index in [0.29, 0.717) is 11.3 Å². The van der Waals surface area contributed by atoms with Gasteiger partial charge in [-0.05, 0) is 49.5 Å². The number of β-lactam (4-membered cyclic amide) rings is 1. The van der Waals surface area contributed by atoms with Gasteiger partial charge < -0.3 is 9.64 Å². The Morgan fingerprint density at radius 3 is 2.57 bits per heavy atom. The van der Waals surface area contributed by atoms with E-state index in [9.17, 15) is 4.79 Å². The number of hydrogen-bond acceptors (Lipinski definition) is 2. The Balaban J connectivity index is 1.52. The van der Waals surface area contributed by atoms with Gasteiger partial charge in [-0.25, -0.2) is 0 Å². The van der Waals surface area contributed by atoms with Crippen LogP contribution in [-0.2, 0) is 9.53 Å². The van der Waals surface area contributed by atoms with Crippen molar-refractivity contribution in [2.24, 2.45) is 17.3 Å². The molecule has 0 aromatic heterocycles. The molecule has 1 aromatic carbocycles. The summed E-state index contributed by atoms with van der Waals surface area (Å²) in [4.78, 5) is 14.9. The molecule has 6 atom stereocenters. The van der Waals surface area contributed by atoms with Crippen LogP contribution in [0.25, 0.3) is 6.08 Å². The highest BCUT2D eigenvalue weighted by Crippen LogP contribution is 2.68. The van der Waals surface area contributed by atoms with Gasteiger partial charge in [-0.3, -0.25) is 4.79 Å². The van der Waals surface area contributed by atoms with Crippen LogP contribution in [0.5, 0.6) is 0 Å². The van der Waals surface area contributed by atoms with Crippen LogP contribution in [0.4, 0.5) is 0 Å². The number of benzene rings is 1. The largest absolute Gasteiger partial charge is 0.358 e. The molecule has 150 valence electrons. The Labute approximate surface area is 177 Å². The highest BCUT2D eigenvalue weighted by atomic mass is 79.9. The first kappa shape index (κ1) is 19.9.